The van der Waals surface area contributed by atoms with E-state index in [1.54, 1.807) is 6.08 Å². The molecule has 0 saturated heterocycles. The Balaban J connectivity index is 2.11. The highest BCUT2D eigenvalue weighted by Gasteiger charge is 2.41. The maximum atomic E-state index is 11.6. The molecule has 0 bridgehead atoms. The number of para-hydroxylation sites is 1. The van der Waals surface area contributed by atoms with Crippen LogP contribution in [0.3, 0.4) is 0 Å². The van der Waals surface area contributed by atoms with Crippen molar-refractivity contribution in [3.05, 3.63) is 48.2 Å². The number of carboxylic acids is 1. The minimum Gasteiger partial charge on any atom is -0.480 e. The zero-order chi connectivity index (χ0) is 13.5. The predicted molar refractivity (Wildman–Crippen MR) is 74.0 cm³/mol. The van der Waals surface area contributed by atoms with E-state index in [9.17, 15) is 9.90 Å². The SMILES string of the molecule is C=CCC1(C(=O)O)Cc2c([nH]c3ccccc23)CN1. The van der Waals surface area contributed by atoms with Gasteiger partial charge in [0.25, 0.3) is 0 Å². The number of hydrogen-bond acceptors (Lipinski definition) is 2. The van der Waals surface area contributed by atoms with Gasteiger partial charge in [0.2, 0.25) is 0 Å². The van der Waals surface area contributed by atoms with Gasteiger partial charge in [-0.3, -0.25) is 10.1 Å². The van der Waals surface area contributed by atoms with Crippen molar-refractivity contribution >= 4 is 16.9 Å². The predicted octanol–water partition coefficient (Wildman–Crippen LogP) is 2.21. The van der Waals surface area contributed by atoms with Crippen LogP contribution in [-0.2, 0) is 17.8 Å². The molecule has 98 valence electrons. The molecule has 1 aliphatic rings. The second-order valence-corrected chi connectivity index (χ2v) is 5.04. The summed E-state index contributed by atoms with van der Waals surface area (Å²) in [6.07, 6.45) is 2.57. The van der Waals surface area contributed by atoms with Gasteiger partial charge in [-0.25, -0.2) is 0 Å². The monoisotopic (exact) mass is 256 g/mol. The molecule has 0 amide bonds. The first-order valence-corrected chi connectivity index (χ1v) is 6.34. The summed E-state index contributed by atoms with van der Waals surface area (Å²) in [5.41, 5.74) is 2.33. The zero-order valence-corrected chi connectivity index (χ0v) is 10.6. The van der Waals surface area contributed by atoms with E-state index in [1.807, 2.05) is 24.3 Å². The number of H-pyrrole nitrogens is 1. The molecule has 1 unspecified atom stereocenters. The molecule has 0 saturated carbocycles. The van der Waals surface area contributed by atoms with Gasteiger partial charge >= 0.3 is 5.97 Å². The summed E-state index contributed by atoms with van der Waals surface area (Å²) in [4.78, 5) is 15.0. The standard InChI is InChI=1S/C15H16N2O2/c1-2-7-15(14(18)19)8-11-10-5-3-4-6-12(10)17-13(11)9-16-15/h2-6,16-17H,1,7-9H2,(H,18,19). The van der Waals surface area contributed by atoms with Crippen LogP contribution in [0.25, 0.3) is 10.9 Å². The number of benzene rings is 1. The first kappa shape index (κ1) is 12.0. The Morgan fingerprint density at radius 3 is 3.00 bits per heavy atom. The molecule has 19 heavy (non-hydrogen) atoms. The molecule has 3 N–H and O–H groups in total. The molecule has 0 spiro atoms. The van der Waals surface area contributed by atoms with Crippen molar-refractivity contribution in [2.24, 2.45) is 0 Å². The maximum Gasteiger partial charge on any atom is 0.324 e. The summed E-state index contributed by atoms with van der Waals surface area (Å²) in [5, 5.41) is 13.8. The Morgan fingerprint density at radius 2 is 2.26 bits per heavy atom. The molecule has 3 rings (SSSR count). The lowest BCUT2D eigenvalue weighted by atomic mass is 9.83. The third-order valence-electron chi connectivity index (χ3n) is 3.89. The number of hydrogen-bond donors (Lipinski definition) is 3. The molecular formula is C15H16N2O2. The molecule has 1 atom stereocenters. The first-order chi connectivity index (χ1) is 9.16. The molecule has 0 aliphatic carbocycles. The minimum absolute atomic E-state index is 0.418. The number of carboxylic acid groups (broad SMARTS) is 1. The minimum atomic E-state index is -0.931. The van der Waals surface area contributed by atoms with Crippen molar-refractivity contribution in [1.29, 1.82) is 0 Å². The van der Waals surface area contributed by atoms with E-state index in [2.05, 4.69) is 16.9 Å². The van der Waals surface area contributed by atoms with Gasteiger partial charge in [-0.05, 0) is 18.1 Å². The fourth-order valence-corrected chi connectivity index (χ4v) is 2.86. The van der Waals surface area contributed by atoms with E-state index in [4.69, 9.17) is 0 Å². The van der Waals surface area contributed by atoms with Crippen molar-refractivity contribution in [2.45, 2.75) is 24.9 Å². The topological polar surface area (TPSA) is 65.1 Å². The van der Waals surface area contributed by atoms with Crippen LogP contribution in [0.15, 0.2) is 36.9 Å². The molecule has 1 aliphatic heterocycles. The highest BCUT2D eigenvalue weighted by molar-refractivity contribution is 5.87. The lowest BCUT2D eigenvalue weighted by molar-refractivity contribution is -0.145. The highest BCUT2D eigenvalue weighted by atomic mass is 16.4. The highest BCUT2D eigenvalue weighted by Crippen LogP contribution is 2.32. The Bertz CT molecular complexity index is 659. The third kappa shape index (κ3) is 1.76. The molecule has 0 radical (unpaired) electrons. The summed E-state index contributed by atoms with van der Waals surface area (Å²) in [6, 6.07) is 8.01. The summed E-state index contributed by atoms with van der Waals surface area (Å²) < 4.78 is 0. The van der Waals surface area contributed by atoms with Crippen LogP contribution in [0.4, 0.5) is 0 Å². The third-order valence-corrected chi connectivity index (χ3v) is 3.89. The van der Waals surface area contributed by atoms with E-state index in [-0.39, 0.29) is 0 Å². The maximum absolute atomic E-state index is 11.6. The molecule has 1 aromatic heterocycles. The number of aliphatic carboxylic acids is 1. The summed E-state index contributed by atoms with van der Waals surface area (Å²) in [7, 11) is 0. The van der Waals surface area contributed by atoms with E-state index in [0.717, 1.165) is 22.2 Å². The molecule has 2 aromatic rings. The second kappa shape index (κ2) is 4.24. The summed E-state index contributed by atoms with van der Waals surface area (Å²) >= 11 is 0. The molecule has 4 heteroatoms. The van der Waals surface area contributed by atoms with Crippen LogP contribution in [0.5, 0.6) is 0 Å². The van der Waals surface area contributed by atoms with Crippen LogP contribution in [0, 0.1) is 0 Å². The second-order valence-electron chi connectivity index (χ2n) is 5.04. The average Bonchev–Trinajstić information content (AvgIpc) is 2.77. The van der Waals surface area contributed by atoms with E-state index in [0.29, 0.717) is 19.4 Å². The van der Waals surface area contributed by atoms with Gasteiger partial charge in [0, 0.05) is 29.6 Å². The quantitative estimate of drug-likeness (QED) is 0.738. The van der Waals surface area contributed by atoms with Crippen LogP contribution < -0.4 is 5.32 Å². The van der Waals surface area contributed by atoms with Gasteiger partial charge < -0.3 is 10.1 Å². The van der Waals surface area contributed by atoms with Crippen LogP contribution >= 0.6 is 0 Å². The fraction of sp³-hybridized carbons (Fsp3) is 0.267. The van der Waals surface area contributed by atoms with Gasteiger partial charge in [-0.15, -0.1) is 6.58 Å². The van der Waals surface area contributed by atoms with E-state index in [1.165, 1.54) is 0 Å². The van der Waals surface area contributed by atoms with Crippen molar-refractivity contribution in [1.82, 2.24) is 10.3 Å². The largest absolute Gasteiger partial charge is 0.480 e. The van der Waals surface area contributed by atoms with Crippen molar-refractivity contribution in [3.8, 4) is 0 Å². The van der Waals surface area contributed by atoms with E-state index >= 15 is 0 Å². The number of aromatic amines is 1. The van der Waals surface area contributed by atoms with Gasteiger partial charge in [0.05, 0.1) is 0 Å². The Kier molecular flexibility index (Phi) is 2.68. The number of fused-ring (bicyclic) bond motifs is 3. The molecule has 4 nitrogen and oxygen atoms in total. The van der Waals surface area contributed by atoms with Crippen molar-refractivity contribution in [2.75, 3.05) is 0 Å². The average molecular weight is 256 g/mol. The number of nitrogens with one attached hydrogen (secondary N) is 2. The number of rotatable bonds is 3. The van der Waals surface area contributed by atoms with Gasteiger partial charge in [0.1, 0.15) is 5.54 Å². The molecule has 2 heterocycles. The van der Waals surface area contributed by atoms with Gasteiger partial charge in [-0.1, -0.05) is 24.3 Å². The fourth-order valence-electron chi connectivity index (χ4n) is 2.86. The zero-order valence-electron chi connectivity index (χ0n) is 10.6. The Hall–Kier alpha value is -2.07. The number of aromatic nitrogens is 1. The lowest BCUT2D eigenvalue weighted by Crippen LogP contribution is -2.55. The molecular weight excluding hydrogens is 240 g/mol. The molecule has 0 fully saturated rings. The van der Waals surface area contributed by atoms with Crippen LogP contribution in [0.1, 0.15) is 17.7 Å². The summed E-state index contributed by atoms with van der Waals surface area (Å²) in [6.45, 7) is 4.22. The van der Waals surface area contributed by atoms with Crippen molar-refractivity contribution in [3.63, 3.8) is 0 Å². The number of carbonyl (C=O) groups is 1. The summed E-state index contributed by atoms with van der Waals surface area (Å²) in [5.74, 6) is -0.816. The Morgan fingerprint density at radius 1 is 1.47 bits per heavy atom. The van der Waals surface area contributed by atoms with Crippen LogP contribution in [-0.4, -0.2) is 21.6 Å². The van der Waals surface area contributed by atoms with Gasteiger partial charge in [-0.2, -0.15) is 0 Å². The van der Waals surface area contributed by atoms with Crippen LogP contribution in [0.2, 0.25) is 0 Å². The Labute approximate surface area is 111 Å². The lowest BCUT2D eigenvalue weighted by Gasteiger charge is -2.33. The normalized spacial score (nSPS) is 22.1. The first-order valence-electron chi connectivity index (χ1n) is 6.34. The van der Waals surface area contributed by atoms with E-state index < -0.39 is 11.5 Å². The molecule has 1 aromatic carbocycles. The van der Waals surface area contributed by atoms with Crippen molar-refractivity contribution < 1.29 is 9.90 Å². The van der Waals surface area contributed by atoms with Gasteiger partial charge in [0.15, 0.2) is 0 Å². The smallest absolute Gasteiger partial charge is 0.324 e.